The molecule has 5 nitrogen and oxygen atoms in total. The standard InChI is InChI=1S/C12H18N4OS/c1-7(2)6-16-8-5-14-10(13-3)9(8)11(18)15(4)12(16)17/h5,7,13-14H,6H2,1-4H3. The first kappa shape index (κ1) is 12.9. The molecule has 0 saturated carbocycles. The van der Waals surface area contributed by atoms with Gasteiger partial charge in [-0.25, -0.2) is 4.79 Å². The molecule has 0 aromatic carbocycles. The quantitative estimate of drug-likeness (QED) is 0.836. The summed E-state index contributed by atoms with van der Waals surface area (Å²) in [6.07, 6.45) is 1.83. The zero-order chi connectivity index (χ0) is 13.4. The Balaban J connectivity index is 2.90. The predicted molar refractivity (Wildman–Crippen MR) is 76.7 cm³/mol. The number of H-pyrrole nitrogens is 1. The van der Waals surface area contributed by atoms with Gasteiger partial charge < -0.3 is 10.3 Å². The molecular weight excluding hydrogens is 248 g/mol. The van der Waals surface area contributed by atoms with Crippen LogP contribution >= 0.6 is 12.2 Å². The smallest absolute Gasteiger partial charge is 0.329 e. The van der Waals surface area contributed by atoms with Crippen molar-refractivity contribution >= 4 is 28.9 Å². The summed E-state index contributed by atoms with van der Waals surface area (Å²) in [5.74, 6) is 1.25. The molecule has 0 spiro atoms. The van der Waals surface area contributed by atoms with E-state index in [-0.39, 0.29) is 5.69 Å². The molecule has 0 aliphatic carbocycles. The molecule has 18 heavy (non-hydrogen) atoms. The zero-order valence-electron chi connectivity index (χ0n) is 11.1. The van der Waals surface area contributed by atoms with Crippen LogP contribution in [0.15, 0.2) is 11.0 Å². The molecule has 0 bridgehead atoms. The third-order valence-electron chi connectivity index (χ3n) is 2.98. The van der Waals surface area contributed by atoms with Crippen molar-refractivity contribution in [1.82, 2.24) is 14.1 Å². The van der Waals surface area contributed by atoms with Gasteiger partial charge in [0.15, 0.2) is 0 Å². The maximum Gasteiger partial charge on any atom is 0.329 e. The summed E-state index contributed by atoms with van der Waals surface area (Å²) in [5, 5.41) is 3.97. The summed E-state index contributed by atoms with van der Waals surface area (Å²) in [6.45, 7) is 4.86. The lowest BCUT2D eigenvalue weighted by molar-refractivity contribution is 0.504. The second-order valence-corrected chi connectivity index (χ2v) is 5.21. The van der Waals surface area contributed by atoms with Crippen molar-refractivity contribution in [3.63, 3.8) is 0 Å². The maximum atomic E-state index is 12.3. The summed E-state index contributed by atoms with van der Waals surface area (Å²) in [4.78, 5) is 15.4. The molecular formula is C12H18N4OS. The van der Waals surface area contributed by atoms with Crippen LogP contribution in [-0.4, -0.2) is 21.2 Å². The summed E-state index contributed by atoms with van der Waals surface area (Å²) in [5.41, 5.74) is 0.795. The molecule has 0 amide bonds. The lowest BCUT2D eigenvalue weighted by Gasteiger charge is -2.12. The van der Waals surface area contributed by atoms with Crippen molar-refractivity contribution in [2.45, 2.75) is 20.4 Å². The van der Waals surface area contributed by atoms with Gasteiger partial charge in [0.25, 0.3) is 0 Å². The Bertz CT molecular complexity index is 692. The largest absolute Gasteiger partial charge is 0.374 e. The summed E-state index contributed by atoms with van der Waals surface area (Å²) >= 11 is 5.35. The van der Waals surface area contributed by atoms with E-state index in [0.29, 0.717) is 17.1 Å². The number of aromatic nitrogens is 3. The van der Waals surface area contributed by atoms with Crippen LogP contribution in [-0.2, 0) is 13.6 Å². The van der Waals surface area contributed by atoms with Crippen molar-refractivity contribution in [3.05, 3.63) is 21.3 Å². The number of rotatable bonds is 3. The zero-order valence-corrected chi connectivity index (χ0v) is 11.9. The Morgan fingerprint density at radius 1 is 1.50 bits per heavy atom. The van der Waals surface area contributed by atoms with Gasteiger partial charge in [-0.15, -0.1) is 0 Å². The van der Waals surface area contributed by atoms with Crippen LogP contribution in [0.25, 0.3) is 10.9 Å². The highest BCUT2D eigenvalue weighted by Crippen LogP contribution is 2.22. The molecule has 2 heterocycles. The molecule has 2 rings (SSSR count). The lowest BCUT2D eigenvalue weighted by Crippen LogP contribution is -2.31. The molecule has 0 aliphatic heterocycles. The molecule has 0 radical (unpaired) electrons. The number of hydrogen-bond acceptors (Lipinski definition) is 3. The van der Waals surface area contributed by atoms with Gasteiger partial charge in [-0.2, -0.15) is 0 Å². The second kappa shape index (κ2) is 4.61. The SMILES string of the molecule is CNc1[nH]cc2c1c(=S)n(C)c(=O)n2CC(C)C. The Labute approximate surface area is 110 Å². The van der Waals surface area contributed by atoms with Crippen LogP contribution in [0, 0.1) is 10.6 Å². The summed E-state index contributed by atoms with van der Waals surface area (Å²) < 4.78 is 3.85. The highest BCUT2D eigenvalue weighted by Gasteiger charge is 2.13. The van der Waals surface area contributed by atoms with Crippen molar-refractivity contribution in [2.24, 2.45) is 13.0 Å². The van der Waals surface area contributed by atoms with E-state index in [1.807, 2.05) is 13.2 Å². The molecule has 0 saturated heterocycles. The first-order valence-electron chi connectivity index (χ1n) is 5.96. The van der Waals surface area contributed by atoms with Gasteiger partial charge in [-0.3, -0.25) is 9.13 Å². The van der Waals surface area contributed by atoms with E-state index in [1.165, 1.54) is 4.57 Å². The first-order valence-corrected chi connectivity index (χ1v) is 6.36. The highest BCUT2D eigenvalue weighted by molar-refractivity contribution is 7.71. The Kier molecular flexibility index (Phi) is 3.30. The monoisotopic (exact) mass is 266 g/mol. The fourth-order valence-electron chi connectivity index (χ4n) is 2.12. The van der Waals surface area contributed by atoms with E-state index in [4.69, 9.17) is 12.2 Å². The molecule has 0 aliphatic rings. The summed E-state index contributed by atoms with van der Waals surface area (Å²) in [7, 11) is 3.55. The van der Waals surface area contributed by atoms with Gasteiger partial charge in [0.2, 0.25) is 0 Å². The molecule has 6 heteroatoms. The van der Waals surface area contributed by atoms with E-state index >= 15 is 0 Å². The van der Waals surface area contributed by atoms with Gasteiger partial charge in [-0.05, 0) is 5.92 Å². The van der Waals surface area contributed by atoms with E-state index in [0.717, 1.165) is 16.7 Å². The molecule has 2 aromatic rings. The number of fused-ring (bicyclic) bond motifs is 1. The number of aromatic amines is 1. The van der Waals surface area contributed by atoms with Crippen molar-refractivity contribution in [2.75, 3.05) is 12.4 Å². The Morgan fingerprint density at radius 3 is 2.72 bits per heavy atom. The molecule has 0 fully saturated rings. The van der Waals surface area contributed by atoms with Crippen molar-refractivity contribution in [3.8, 4) is 0 Å². The van der Waals surface area contributed by atoms with Gasteiger partial charge in [-0.1, -0.05) is 26.1 Å². The third kappa shape index (κ3) is 1.86. The molecule has 2 aromatic heterocycles. The Hall–Kier alpha value is -1.56. The van der Waals surface area contributed by atoms with E-state index in [9.17, 15) is 4.79 Å². The highest BCUT2D eigenvalue weighted by atomic mass is 32.1. The third-order valence-corrected chi connectivity index (χ3v) is 3.46. The lowest BCUT2D eigenvalue weighted by atomic mass is 10.2. The van der Waals surface area contributed by atoms with Crippen LogP contribution < -0.4 is 11.0 Å². The first-order chi connectivity index (χ1) is 8.47. The summed E-state index contributed by atoms with van der Waals surface area (Å²) in [6, 6.07) is 0. The van der Waals surface area contributed by atoms with Crippen LogP contribution in [0.1, 0.15) is 13.8 Å². The number of hydrogen-bond donors (Lipinski definition) is 2. The molecule has 98 valence electrons. The van der Waals surface area contributed by atoms with Gasteiger partial charge in [0.05, 0.1) is 10.9 Å². The van der Waals surface area contributed by atoms with Crippen molar-refractivity contribution in [1.29, 1.82) is 0 Å². The molecule has 2 N–H and O–H groups in total. The number of nitrogens with zero attached hydrogens (tertiary/aromatic N) is 2. The van der Waals surface area contributed by atoms with Crippen LogP contribution in [0.5, 0.6) is 0 Å². The van der Waals surface area contributed by atoms with Crippen LogP contribution in [0.2, 0.25) is 0 Å². The fourth-order valence-corrected chi connectivity index (χ4v) is 2.40. The minimum Gasteiger partial charge on any atom is -0.374 e. The molecule has 0 atom stereocenters. The van der Waals surface area contributed by atoms with Gasteiger partial charge in [0.1, 0.15) is 10.5 Å². The average molecular weight is 266 g/mol. The van der Waals surface area contributed by atoms with E-state index in [1.54, 1.807) is 11.6 Å². The fraction of sp³-hybridized carbons (Fsp3) is 0.500. The molecule has 0 unspecified atom stereocenters. The minimum atomic E-state index is -0.0668. The van der Waals surface area contributed by atoms with E-state index < -0.39 is 0 Å². The number of nitrogens with one attached hydrogen (secondary N) is 2. The van der Waals surface area contributed by atoms with Crippen molar-refractivity contribution < 1.29 is 0 Å². The van der Waals surface area contributed by atoms with E-state index in [2.05, 4.69) is 24.1 Å². The normalized spacial score (nSPS) is 11.4. The minimum absolute atomic E-state index is 0.0668. The Morgan fingerprint density at radius 2 is 2.17 bits per heavy atom. The van der Waals surface area contributed by atoms with Gasteiger partial charge in [0, 0.05) is 26.8 Å². The average Bonchev–Trinajstić information content (AvgIpc) is 2.75. The number of anilines is 1. The van der Waals surface area contributed by atoms with Crippen LogP contribution in [0.4, 0.5) is 5.82 Å². The second-order valence-electron chi connectivity index (χ2n) is 4.83. The van der Waals surface area contributed by atoms with Gasteiger partial charge >= 0.3 is 5.69 Å². The van der Waals surface area contributed by atoms with Crippen LogP contribution in [0.3, 0.4) is 0 Å². The maximum absolute atomic E-state index is 12.3. The predicted octanol–water partition coefficient (Wildman–Crippen LogP) is 2.10. The topological polar surface area (TPSA) is 54.8 Å².